The molecule has 0 aromatic heterocycles. The number of amidine groups is 1. The van der Waals surface area contributed by atoms with Crippen LogP contribution in [0.4, 0.5) is 5.69 Å². The Morgan fingerprint density at radius 3 is 2.47 bits per heavy atom. The van der Waals surface area contributed by atoms with Crippen molar-refractivity contribution in [2.45, 2.75) is 38.6 Å². The van der Waals surface area contributed by atoms with Gasteiger partial charge < -0.3 is 9.47 Å². The largest absolute Gasteiger partial charge is 0.493 e. The maximum absolute atomic E-state index is 13.6. The van der Waals surface area contributed by atoms with Gasteiger partial charge in [0.2, 0.25) is 0 Å². The van der Waals surface area contributed by atoms with Gasteiger partial charge in [0.15, 0.2) is 16.7 Å². The average Bonchev–Trinajstić information content (AvgIpc) is 3.10. The molecule has 2 aromatic rings. The van der Waals surface area contributed by atoms with E-state index in [1.165, 1.54) is 18.2 Å². The first-order valence-electron chi connectivity index (χ1n) is 10.8. The van der Waals surface area contributed by atoms with Crippen molar-refractivity contribution < 1.29 is 14.3 Å². The predicted octanol–water partition coefficient (Wildman–Crippen LogP) is 6.65. The summed E-state index contributed by atoms with van der Waals surface area (Å²) in [6, 6.07) is 13.7. The second-order valence-corrected chi connectivity index (χ2v) is 9.94. The molecule has 1 heterocycles. The van der Waals surface area contributed by atoms with E-state index in [1.807, 2.05) is 53.4 Å². The van der Waals surface area contributed by atoms with E-state index in [4.69, 9.17) is 14.5 Å². The number of hydrogen-bond donors (Lipinski definition) is 0. The van der Waals surface area contributed by atoms with Crippen molar-refractivity contribution in [3.8, 4) is 11.5 Å². The van der Waals surface area contributed by atoms with E-state index in [9.17, 15) is 4.79 Å². The van der Waals surface area contributed by atoms with Gasteiger partial charge in [0, 0.05) is 10.5 Å². The average molecular weight is 515 g/mol. The van der Waals surface area contributed by atoms with Gasteiger partial charge in [-0.1, -0.05) is 53.9 Å². The molecule has 0 N–H and O–H groups in total. The number of hydrogen-bond acceptors (Lipinski definition) is 5. The SMILES string of the molecule is COc1cc(Br)c(/C=C2\SC(=Nc3ccccc3)N([C@H]3CCCC[C@H]3C)C2=O)cc1OC. The molecule has 1 saturated heterocycles. The summed E-state index contributed by atoms with van der Waals surface area (Å²) in [6.07, 6.45) is 6.42. The monoisotopic (exact) mass is 514 g/mol. The van der Waals surface area contributed by atoms with Gasteiger partial charge in [-0.15, -0.1) is 0 Å². The van der Waals surface area contributed by atoms with Gasteiger partial charge in [-0.05, 0) is 66.4 Å². The number of benzene rings is 2. The molecular formula is C25H27BrN2O3S. The van der Waals surface area contributed by atoms with Crippen molar-refractivity contribution in [1.82, 2.24) is 4.90 Å². The molecular weight excluding hydrogens is 488 g/mol. The minimum Gasteiger partial charge on any atom is -0.493 e. The lowest BCUT2D eigenvalue weighted by molar-refractivity contribution is -0.124. The third-order valence-electron chi connectivity index (χ3n) is 6.01. The number of nitrogens with zero attached hydrogens (tertiary/aromatic N) is 2. The summed E-state index contributed by atoms with van der Waals surface area (Å²) in [5, 5.41) is 0.753. The number of carbonyl (C=O) groups is 1. The summed E-state index contributed by atoms with van der Waals surface area (Å²) >= 11 is 5.04. The zero-order valence-electron chi connectivity index (χ0n) is 18.5. The van der Waals surface area contributed by atoms with Crippen LogP contribution in [-0.4, -0.2) is 36.2 Å². The Kier molecular flexibility index (Phi) is 7.26. The summed E-state index contributed by atoms with van der Waals surface area (Å²) in [6.45, 7) is 2.24. The van der Waals surface area contributed by atoms with Gasteiger partial charge in [0.05, 0.1) is 24.8 Å². The first-order chi connectivity index (χ1) is 15.5. The third-order valence-corrected chi connectivity index (χ3v) is 7.67. The molecule has 2 atom stereocenters. The van der Waals surface area contributed by atoms with E-state index in [0.717, 1.165) is 40.2 Å². The molecule has 168 valence electrons. The van der Waals surface area contributed by atoms with Crippen LogP contribution in [0.5, 0.6) is 11.5 Å². The molecule has 0 bridgehead atoms. The number of halogens is 1. The molecule has 32 heavy (non-hydrogen) atoms. The Balaban J connectivity index is 1.75. The number of thioether (sulfide) groups is 1. The van der Waals surface area contributed by atoms with Gasteiger partial charge in [-0.2, -0.15) is 0 Å². The van der Waals surface area contributed by atoms with Gasteiger partial charge in [-0.25, -0.2) is 4.99 Å². The van der Waals surface area contributed by atoms with E-state index < -0.39 is 0 Å². The topological polar surface area (TPSA) is 51.1 Å². The van der Waals surface area contributed by atoms with Crippen LogP contribution in [0.3, 0.4) is 0 Å². The van der Waals surface area contributed by atoms with Gasteiger partial charge >= 0.3 is 0 Å². The lowest BCUT2D eigenvalue weighted by Crippen LogP contribution is -2.44. The van der Waals surface area contributed by atoms with Crippen molar-refractivity contribution in [2.24, 2.45) is 10.9 Å². The van der Waals surface area contributed by atoms with Crippen LogP contribution in [-0.2, 0) is 4.79 Å². The number of aliphatic imine (C=N–C) groups is 1. The van der Waals surface area contributed by atoms with Crippen LogP contribution in [0, 0.1) is 5.92 Å². The number of ether oxygens (including phenoxy) is 2. The maximum atomic E-state index is 13.6. The molecule has 0 spiro atoms. The van der Waals surface area contributed by atoms with Gasteiger partial charge in [0.1, 0.15) is 0 Å². The lowest BCUT2D eigenvalue weighted by Gasteiger charge is -2.35. The highest BCUT2D eigenvalue weighted by Gasteiger charge is 2.41. The minimum absolute atomic E-state index is 0.0186. The van der Waals surface area contributed by atoms with Crippen molar-refractivity contribution >= 4 is 50.5 Å². The Morgan fingerprint density at radius 1 is 1.09 bits per heavy atom. The molecule has 2 aromatic carbocycles. The van der Waals surface area contributed by atoms with Gasteiger partial charge in [0.25, 0.3) is 5.91 Å². The van der Waals surface area contributed by atoms with Crippen LogP contribution in [0.15, 0.2) is 56.8 Å². The third kappa shape index (κ3) is 4.74. The Labute approximate surface area is 202 Å². The smallest absolute Gasteiger partial charge is 0.267 e. The quantitative estimate of drug-likeness (QED) is 0.419. The van der Waals surface area contributed by atoms with E-state index in [2.05, 4.69) is 22.9 Å². The number of amides is 1. The predicted molar refractivity (Wildman–Crippen MR) is 135 cm³/mol. The molecule has 1 aliphatic heterocycles. The molecule has 0 radical (unpaired) electrons. The van der Waals surface area contributed by atoms with Crippen LogP contribution < -0.4 is 9.47 Å². The van der Waals surface area contributed by atoms with E-state index in [-0.39, 0.29) is 11.9 Å². The van der Waals surface area contributed by atoms with Crippen molar-refractivity contribution in [3.05, 3.63) is 57.4 Å². The molecule has 7 heteroatoms. The summed E-state index contributed by atoms with van der Waals surface area (Å²) in [4.78, 5) is 21.1. The molecule has 5 nitrogen and oxygen atoms in total. The Morgan fingerprint density at radius 2 is 1.78 bits per heavy atom. The molecule has 2 fully saturated rings. The number of rotatable bonds is 5. The maximum Gasteiger partial charge on any atom is 0.267 e. The highest BCUT2D eigenvalue weighted by atomic mass is 79.9. The second kappa shape index (κ2) is 10.1. The fourth-order valence-corrected chi connectivity index (χ4v) is 5.74. The van der Waals surface area contributed by atoms with E-state index in [0.29, 0.717) is 22.3 Å². The van der Waals surface area contributed by atoms with E-state index in [1.54, 1.807) is 14.2 Å². The van der Waals surface area contributed by atoms with Crippen LogP contribution in [0.25, 0.3) is 6.08 Å². The molecule has 0 unspecified atom stereocenters. The fraction of sp³-hybridized carbons (Fsp3) is 0.360. The van der Waals surface area contributed by atoms with Crippen molar-refractivity contribution in [1.29, 1.82) is 0 Å². The zero-order chi connectivity index (χ0) is 22.7. The van der Waals surface area contributed by atoms with Crippen molar-refractivity contribution in [3.63, 3.8) is 0 Å². The number of para-hydroxylation sites is 1. The Hall–Kier alpha value is -2.25. The summed E-state index contributed by atoms with van der Waals surface area (Å²) < 4.78 is 11.7. The van der Waals surface area contributed by atoms with Crippen molar-refractivity contribution in [2.75, 3.05) is 14.2 Å². The molecule has 2 aliphatic rings. The van der Waals surface area contributed by atoms with Gasteiger partial charge in [-0.3, -0.25) is 9.69 Å². The molecule has 1 saturated carbocycles. The normalized spacial score (nSPS) is 23.8. The summed E-state index contributed by atoms with van der Waals surface area (Å²) in [7, 11) is 3.21. The minimum atomic E-state index is 0.0186. The second-order valence-electron chi connectivity index (χ2n) is 8.07. The van der Waals surface area contributed by atoms with E-state index >= 15 is 0 Å². The molecule has 1 amide bonds. The molecule has 4 rings (SSSR count). The highest BCUT2D eigenvalue weighted by Crippen LogP contribution is 2.41. The van der Waals surface area contributed by atoms with Crippen LogP contribution >= 0.6 is 27.7 Å². The zero-order valence-corrected chi connectivity index (χ0v) is 20.9. The first-order valence-corrected chi connectivity index (χ1v) is 12.4. The fourth-order valence-electron chi connectivity index (χ4n) is 4.27. The number of carbonyl (C=O) groups excluding carboxylic acids is 1. The Bertz CT molecular complexity index is 1050. The van der Waals surface area contributed by atoms with Crippen LogP contribution in [0.2, 0.25) is 0 Å². The van der Waals surface area contributed by atoms with Crippen LogP contribution in [0.1, 0.15) is 38.2 Å². The number of methoxy groups -OCH3 is 2. The first kappa shape index (κ1) is 22.9. The molecule has 1 aliphatic carbocycles. The summed E-state index contributed by atoms with van der Waals surface area (Å²) in [5.41, 5.74) is 1.71. The summed E-state index contributed by atoms with van der Waals surface area (Å²) in [5.74, 6) is 1.72. The lowest BCUT2D eigenvalue weighted by atomic mass is 9.85. The standard InChI is InChI=1S/C25H27BrN2O3S/c1-16-9-7-8-12-20(16)28-24(29)23(32-25(28)27-18-10-5-4-6-11-18)14-17-13-21(30-2)22(31-3)15-19(17)26/h4-6,10-11,13-16,20H,7-9,12H2,1-3H3/b23-14-,27-25?/t16-,20+/m1/s1. The highest BCUT2D eigenvalue weighted by molar-refractivity contribution is 9.10.